The molecule has 1 heterocycles. The average molecular weight is 211 g/mol. The maximum absolute atomic E-state index is 9.10. The molecule has 1 unspecified atom stereocenters. The van der Waals surface area contributed by atoms with E-state index >= 15 is 0 Å². The van der Waals surface area contributed by atoms with E-state index in [4.69, 9.17) is 10.5 Å². The quantitative estimate of drug-likeness (QED) is 0.817. The molecule has 1 aromatic carbocycles. The predicted molar refractivity (Wildman–Crippen MR) is 61.9 cm³/mol. The van der Waals surface area contributed by atoms with Crippen LogP contribution in [0.2, 0.25) is 0 Å². The van der Waals surface area contributed by atoms with E-state index in [9.17, 15) is 0 Å². The van der Waals surface area contributed by atoms with Crippen LogP contribution in [0.15, 0.2) is 12.1 Å². The number of nitriles is 2. The van der Waals surface area contributed by atoms with Crippen LogP contribution < -0.4 is 5.32 Å². The number of hydrogen-bond acceptors (Lipinski definition) is 3. The number of fused-ring (bicyclic) bond motifs is 1. The Morgan fingerprint density at radius 2 is 2.19 bits per heavy atom. The standard InChI is InChI=1S/C13H13N3/c1-2-3-10-6-11-12(8-15)9(7-14)4-5-13(11)16-10/h4-5,10,16H,2-3,6H2,1H3. The van der Waals surface area contributed by atoms with Gasteiger partial charge in [0.15, 0.2) is 0 Å². The summed E-state index contributed by atoms with van der Waals surface area (Å²) in [6.45, 7) is 2.15. The normalized spacial score (nSPS) is 17.1. The monoisotopic (exact) mass is 211 g/mol. The van der Waals surface area contributed by atoms with E-state index in [1.807, 2.05) is 6.07 Å². The summed E-state index contributed by atoms with van der Waals surface area (Å²) in [5.74, 6) is 0. The molecule has 1 N–H and O–H groups in total. The number of rotatable bonds is 2. The van der Waals surface area contributed by atoms with E-state index in [-0.39, 0.29) is 0 Å². The summed E-state index contributed by atoms with van der Waals surface area (Å²) in [7, 11) is 0. The largest absolute Gasteiger partial charge is 0.382 e. The molecule has 1 aromatic rings. The molecule has 0 spiro atoms. The van der Waals surface area contributed by atoms with Crippen LogP contribution in [0.4, 0.5) is 5.69 Å². The van der Waals surface area contributed by atoms with Gasteiger partial charge in [-0.25, -0.2) is 0 Å². The average Bonchev–Trinajstić information content (AvgIpc) is 2.70. The van der Waals surface area contributed by atoms with Crippen molar-refractivity contribution in [2.75, 3.05) is 5.32 Å². The molecule has 16 heavy (non-hydrogen) atoms. The van der Waals surface area contributed by atoms with Crippen LogP contribution in [-0.2, 0) is 6.42 Å². The topological polar surface area (TPSA) is 59.6 Å². The van der Waals surface area contributed by atoms with Gasteiger partial charge in [-0.3, -0.25) is 0 Å². The van der Waals surface area contributed by atoms with Crippen molar-refractivity contribution in [3.63, 3.8) is 0 Å². The second kappa shape index (κ2) is 4.24. The minimum absolute atomic E-state index is 0.418. The Morgan fingerprint density at radius 3 is 2.81 bits per heavy atom. The molecular formula is C13H13N3. The molecule has 0 radical (unpaired) electrons. The number of nitrogens with zero attached hydrogens (tertiary/aromatic N) is 2. The van der Waals surface area contributed by atoms with Gasteiger partial charge in [0.2, 0.25) is 0 Å². The summed E-state index contributed by atoms with van der Waals surface area (Å²) in [4.78, 5) is 0. The summed E-state index contributed by atoms with van der Waals surface area (Å²) in [5, 5.41) is 21.4. The highest BCUT2D eigenvalue weighted by atomic mass is 14.9. The van der Waals surface area contributed by atoms with Crippen molar-refractivity contribution in [1.29, 1.82) is 10.5 Å². The van der Waals surface area contributed by atoms with E-state index in [1.54, 1.807) is 6.07 Å². The highest BCUT2D eigenvalue weighted by Gasteiger charge is 2.24. The zero-order valence-electron chi connectivity index (χ0n) is 9.25. The molecule has 0 aromatic heterocycles. The third kappa shape index (κ3) is 1.61. The molecule has 3 nitrogen and oxygen atoms in total. The van der Waals surface area contributed by atoms with E-state index in [1.165, 1.54) is 0 Å². The SMILES string of the molecule is CCCC1Cc2c(ccc(C#N)c2C#N)N1. The zero-order chi connectivity index (χ0) is 11.5. The van der Waals surface area contributed by atoms with Gasteiger partial charge in [-0.1, -0.05) is 13.3 Å². The van der Waals surface area contributed by atoms with Crippen molar-refractivity contribution >= 4 is 5.69 Å². The lowest BCUT2D eigenvalue weighted by molar-refractivity contribution is 0.661. The second-order valence-corrected chi connectivity index (χ2v) is 4.07. The van der Waals surface area contributed by atoms with E-state index in [0.717, 1.165) is 30.5 Å². The molecule has 1 atom stereocenters. The fourth-order valence-corrected chi connectivity index (χ4v) is 2.26. The smallest absolute Gasteiger partial charge is 0.101 e. The van der Waals surface area contributed by atoms with Crippen molar-refractivity contribution < 1.29 is 0 Å². The molecule has 0 saturated carbocycles. The highest BCUT2D eigenvalue weighted by molar-refractivity contribution is 5.67. The third-order valence-electron chi connectivity index (χ3n) is 2.99. The van der Waals surface area contributed by atoms with Gasteiger partial charge in [0.05, 0.1) is 11.1 Å². The molecule has 0 amide bonds. The fraction of sp³-hybridized carbons (Fsp3) is 0.385. The molecule has 1 aliphatic rings. The fourth-order valence-electron chi connectivity index (χ4n) is 2.26. The zero-order valence-corrected chi connectivity index (χ0v) is 9.25. The van der Waals surface area contributed by atoms with Gasteiger partial charge in [-0.2, -0.15) is 10.5 Å². The summed E-state index contributed by atoms with van der Waals surface area (Å²) < 4.78 is 0. The lowest BCUT2D eigenvalue weighted by Crippen LogP contribution is -2.14. The van der Waals surface area contributed by atoms with Crippen molar-refractivity contribution in [3.8, 4) is 12.1 Å². The maximum Gasteiger partial charge on any atom is 0.101 e. The summed E-state index contributed by atoms with van der Waals surface area (Å²) >= 11 is 0. The molecule has 1 aliphatic heterocycles. The highest BCUT2D eigenvalue weighted by Crippen LogP contribution is 2.31. The molecule has 0 fully saturated rings. The molecular weight excluding hydrogens is 198 g/mol. The van der Waals surface area contributed by atoms with Crippen molar-refractivity contribution in [3.05, 3.63) is 28.8 Å². The van der Waals surface area contributed by atoms with Crippen LogP contribution in [0.3, 0.4) is 0 Å². The van der Waals surface area contributed by atoms with E-state index in [2.05, 4.69) is 24.4 Å². The Balaban J connectivity index is 2.40. The van der Waals surface area contributed by atoms with Crippen LogP contribution in [0, 0.1) is 22.7 Å². The van der Waals surface area contributed by atoms with Crippen LogP contribution in [-0.4, -0.2) is 6.04 Å². The Labute approximate surface area is 95.3 Å². The first-order chi connectivity index (χ1) is 7.80. The third-order valence-corrected chi connectivity index (χ3v) is 2.99. The van der Waals surface area contributed by atoms with Gasteiger partial charge in [0.25, 0.3) is 0 Å². The molecule has 2 rings (SSSR count). The van der Waals surface area contributed by atoms with Crippen molar-refractivity contribution in [2.24, 2.45) is 0 Å². The number of anilines is 1. The van der Waals surface area contributed by atoms with Gasteiger partial charge < -0.3 is 5.32 Å². The summed E-state index contributed by atoms with van der Waals surface area (Å²) in [6, 6.07) is 8.27. The first kappa shape index (κ1) is 10.5. The van der Waals surface area contributed by atoms with Crippen LogP contribution in [0.5, 0.6) is 0 Å². The molecule has 0 bridgehead atoms. The van der Waals surface area contributed by atoms with E-state index in [0.29, 0.717) is 17.2 Å². The van der Waals surface area contributed by atoms with Crippen LogP contribution >= 0.6 is 0 Å². The summed E-state index contributed by atoms with van der Waals surface area (Å²) in [5.41, 5.74) is 3.07. The number of nitrogens with one attached hydrogen (secondary N) is 1. The Kier molecular flexibility index (Phi) is 2.79. The summed E-state index contributed by atoms with van der Waals surface area (Å²) in [6.07, 6.45) is 3.08. The van der Waals surface area contributed by atoms with Gasteiger partial charge in [0, 0.05) is 11.7 Å². The Morgan fingerprint density at radius 1 is 1.38 bits per heavy atom. The first-order valence-electron chi connectivity index (χ1n) is 5.52. The number of benzene rings is 1. The Bertz CT molecular complexity index is 491. The van der Waals surface area contributed by atoms with Gasteiger partial charge in [0.1, 0.15) is 12.1 Å². The van der Waals surface area contributed by atoms with Crippen molar-refractivity contribution in [1.82, 2.24) is 0 Å². The van der Waals surface area contributed by atoms with Crippen LogP contribution in [0.1, 0.15) is 36.5 Å². The molecule has 0 saturated heterocycles. The van der Waals surface area contributed by atoms with Gasteiger partial charge in [-0.05, 0) is 30.5 Å². The van der Waals surface area contributed by atoms with Gasteiger partial charge in [-0.15, -0.1) is 0 Å². The number of hydrogen-bond donors (Lipinski definition) is 1. The maximum atomic E-state index is 9.10. The van der Waals surface area contributed by atoms with Crippen molar-refractivity contribution in [2.45, 2.75) is 32.2 Å². The molecule has 80 valence electrons. The Hall–Kier alpha value is -2.00. The van der Waals surface area contributed by atoms with Gasteiger partial charge >= 0.3 is 0 Å². The first-order valence-corrected chi connectivity index (χ1v) is 5.52. The van der Waals surface area contributed by atoms with Crippen LogP contribution in [0.25, 0.3) is 0 Å². The molecule has 3 heteroatoms. The van der Waals surface area contributed by atoms with E-state index < -0.39 is 0 Å². The predicted octanol–water partition coefficient (Wildman–Crippen LogP) is 2.57. The lowest BCUT2D eigenvalue weighted by atomic mass is 9.98. The molecule has 0 aliphatic carbocycles. The minimum atomic E-state index is 0.418. The second-order valence-electron chi connectivity index (χ2n) is 4.07. The lowest BCUT2D eigenvalue weighted by Gasteiger charge is -2.08. The minimum Gasteiger partial charge on any atom is -0.382 e.